The molecule has 0 heterocycles. The molecule has 0 aromatic rings. The van der Waals surface area contributed by atoms with Gasteiger partial charge in [0.25, 0.3) is 0 Å². The number of hydrogen-bond donors (Lipinski definition) is 1. The number of carbonyl (C=O) groups is 2. The van der Waals surface area contributed by atoms with Crippen LogP contribution in [0, 0.1) is 11.8 Å². The van der Waals surface area contributed by atoms with Gasteiger partial charge in [-0.2, -0.15) is 0 Å². The maximum Gasteiger partial charge on any atom is 0.307 e. The molecule has 0 radical (unpaired) electrons. The Morgan fingerprint density at radius 2 is 2.08 bits per heavy atom. The smallest absolute Gasteiger partial charge is 0.307 e. The van der Waals surface area contributed by atoms with Crippen molar-refractivity contribution >= 4 is 11.8 Å². The minimum atomic E-state index is -0.874. The van der Waals surface area contributed by atoms with Gasteiger partial charge in [0.05, 0.1) is 5.92 Å². The number of aliphatic carboxylic acids is 1. The molecule has 13 heavy (non-hydrogen) atoms. The van der Waals surface area contributed by atoms with Gasteiger partial charge in [-0.15, -0.1) is 0 Å². The Balaban J connectivity index is 2.77. The van der Waals surface area contributed by atoms with Gasteiger partial charge in [-0.1, -0.05) is 12.2 Å². The molecular weight excluding hydrogens is 168 g/mol. The first-order chi connectivity index (χ1) is 6.02. The number of carboxylic acid groups (broad SMARTS) is 1. The monoisotopic (exact) mass is 182 g/mol. The Bertz CT molecular complexity index is 255. The molecule has 0 aromatic heterocycles. The maximum atomic E-state index is 11.1. The van der Waals surface area contributed by atoms with E-state index < -0.39 is 11.9 Å². The van der Waals surface area contributed by atoms with Gasteiger partial charge < -0.3 is 5.11 Å². The molecule has 3 heteroatoms. The summed E-state index contributed by atoms with van der Waals surface area (Å²) in [6.07, 6.45) is 1.89. The highest BCUT2D eigenvalue weighted by atomic mass is 16.4. The third kappa shape index (κ3) is 2.17. The number of Topliss-reactive ketones (excluding diaryl/α,β-unsaturated/α-hetero) is 1. The maximum absolute atomic E-state index is 11.1. The molecule has 1 aliphatic rings. The van der Waals surface area contributed by atoms with Gasteiger partial charge in [0.15, 0.2) is 0 Å². The normalized spacial score (nSPS) is 28.5. The number of ketones is 1. The summed E-state index contributed by atoms with van der Waals surface area (Å²) >= 11 is 0. The van der Waals surface area contributed by atoms with Crippen molar-refractivity contribution in [3.8, 4) is 0 Å². The van der Waals surface area contributed by atoms with Crippen molar-refractivity contribution in [3.05, 3.63) is 12.2 Å². The highest BCUT2D eigenvalue weighted by Gasteiger charge is 2.34. The van der Waals surface area contributed by atoms with Crippen molar-refractivity contribution in [2.24, 2.45) is 11.8 Å². The highest BCUT2D eigenvalue weighted by molar-refractivity contribution is 5.85. The van der Waals surface area contributed by atoms with Gasteiger partial charge >= 0.3 is 5.97 Å². The lowest BCUT2D eigenvalue weighted by Gasteiger charge is -2.27. The molecule has 1 rings (SSSR count). The fourth-order valence-corrected chi connectivity index (χ4v) is 1.86. The van der Waals surface area contributed by atoms with Crippen molar-refractivity contribution in [1.29, 1.82) is 0 Å². The second-order valence-corrected chi connectivity index (χ2v) is 3.65. The molecule has 0 aliphatic heterocycles. The zero-order valence-electron chi connectivity index (χ0n) is 7.75. The van der Waals surface area contributed by atoms with Gasteiger partial charge in [0.1, 0.15) is 5.78 Å². The van der Waals surface area contributed by atoms with Crippen LogP contribution >= 0.6 is 0 Å². The van der Waals surface area contributed by atoms with Crippen LogP contribution in [0.15, 0.2) is 12.2 Å². The Morgan fingerprint density at radius 3 is 2.54 bits per heavy atom. The van der Waals surface area contributed by atoms with Crippen LogP contribution in [0.1, 0.15) is 26.2 Å². The van der Waals surface area contributed by atoms with Gasteiger partial charge in [-0.05, 0) is 26.2 Å². The van der Waals surface area contributed by atoms with Crippen molar-refractivity contribution < 1.29 is 14.7 Å². The number of carboxylic acids is 1. The van der Waals surface area contributed by atoms with Crippen LogP contribution in [0.5, 0.6) is 0 Å². The lowest BCUT2D eigenvalue weighted by atomic mass is 9.75. The van der Waals surface area contributed by atoms with E-state index in [1.54, 1.807) is 0 Å². The van der Waals surface area contributed by atoms with E-state index in [0.29, 0.717) is 12.8 Å². The Morgan fingerprint density at radius 1 is 1.46 bits per heavy atom. The molecule has 0 saturated heterocycles. The summed E-state index contributed by atoms with van der Waals surface area (Å²) in [6, 6.07) is 0. The molecule has 1 fully saturated rings. The molecule has 0 spiro atoms. The summed E-state index contributed by atoms with van der Waals surface area (Å²) in [5, 5.41) is 8.88. The average molecular weight is 182 g/mol. The number of allylic oxidation sites excluding steroid dienone is 1. The van der Waals surface area contributed by atoms with E-state index >= 15 is 0 Å². The zero-order valence-corrected chi connectivity index (χ0v) is 7.75. The third-order valence-electron chi connectivity index (χ3n) is 2.64. The molecule has 0 aromatic carbocycles. The highest BCUT2D eigenvalue weighted by Crippen LogP contribution is 2.33. The SMILES string of the molecule is C=C1CCC(C(C)=O)C(C(=O)O)C1. The van der Waals surface area contributed by atoms with Crippen molar-refractivity contribution in [1.82, 2.24) is 0 Å². The van der Waals surface area contributed by atoms with Crippen molar-refractivity contribution in [2.45, 2.75) is 26.2 Å². The largest absolute Gasteiger partial charge is 0.481 e. The Labute approximate surface area is 77.4 Å². The van der Waals surface area contributed by atoms with Crippen molar-refractivity contribution in [3.63, 3.8) is 0 Å². The summed E-state index contributed by atoms with van der Waals surface area (Å²) in [7, 11) is 0. The topological polar surface area (TPSA) is 54.4 Å². The summed E-state index contributed by atoms with van der Waals surface area (Å²) in [5.74, 6) is -1.73. The predicted molar refractivity (Wildman–Crippen MR) is 48.3 cm³/mol. The second kappa shape index (κ2) is 3.73. The Kier molecular flexibility index (Phi) is 2.86. The minimum Gasteiger partial charge on any atom is -0.481 e. The molecule has 1 saturated carbocycles. The minimum absolute atomic E-state index is 0.0140. The van der Waals surface area contributed by atoms with E-state index in [1.807, 2.05) is 0 Å². The van der Waals surface area contributed by atoms with Crippen LogP contribution in [0.25, 0.3) is 0 Å². The van der Waals surface area contributed by atoms with E-state index in [1.165, 1.54) is 6.92 Å². The molecule has 1 aliphatic carbocycles. The van der Waals surface area contributed by atoms with Gasteiger partial charge in [-0.3, -0.25) is 9.59 Å². The molecular formula is C10H14O3. The number of rotatable bonds is 2. The quantitative estimate of drug-likeness (QED) is 0.660. The lowest BCUT2D eigenvalue weighted by Crippen LogP contribution is -2.32. The third-order valence-corrected chi connectivity index (χ3v) is 2.64. The summed E-state index contributed by atoms with van der Waals surface area (Å²) in [4.78, 5) is 21.9. The van der Waals surface area contributed by atoms with E-state index in [2.05, 4.69) is 6.58 Å². The molecule has 2 atom stereocenters. The first kappa shape index (κ1) is 9.96. The molecule has 3 nitrogen and oxygen atoms in total. The number of carbonyl (C=O) groups excluding carboxylic acids is 1. The lowest BCUT2D eigenvalue weighted by molar-refractivity contribution is -0.147. The second-order valence-electron chi connectivity index (χ2n) is 3.65. The Hall–Kier alpha value is -1.12. The average Bonchev–Trinajstić information content (AvgIpc) is 2.03. The predicted octanol–water partition coefficient (Wildman–Crippen LogP) is 1.63. The van der Waals surface area contributed by atoms with E-state index in [9.17, 15) is 9.59 Å². The van der Waals surface area contributed by atoms with E-state index in [0.717, 1.165) is 12.0 Å². The first-order valence-electron chi connectivity index (χ1n) is 4.42. The van der Waals surface area contributed by atoms with Crippen molar-refractivity contribution in [2.75, 3.05) is 0 Å². The van der Waals surface area contributed by atoms with Crippen LogP contribution < -0.4 is 0 Å². The van der Waals surface area contributed by atoms with Crippen LogP contribution in [-0.2, 0) is 9.59 Å². The molecule has 1 N–H and O–H groups in total. The molecule has 2 unspecified atom stereocenters. The summed E-state index contributed by atoms with van der Waals surface area (Å²) in [6.45, 7) is 5.23. The number of hydrogen-bond acceptors (Lipinski definition) is 2. The molecule has 0 amide bonds. The summed E-state index contributed by atoms with van der Waals surface area (Å²) < 4.78 is 0. The van der Waals surface area contributed by atoms with Gasteiger partial charge in [-0.25, -0.2) is 0 Å². The van der Waals surface area contributed by atoms with Crippen LogP contribution in [0.2, 0.25) is 0 Å². The molecule has 72 valence electrons. The van der Waals surface area contributed by atoms with Gasteiger partial charge in [0, 0.05) is 5.92 Å². The van der Waals surface area contributed by atoms with Gasteiger partial charge in [0.2, 0.25) is 0 Å². The zero-order chi connectivity index (χ0) is 10.0. The standard InChI is InChI=1S/C10H14O3/c1-6-3-4-8(7(2)11)9(5-6)10(12)13/h8-9H,1,3-5H2,2H3,(H,12,13). The van der Waals surface area contributed by atoms with E-state index in [-0.39, 0.29) is 11.7 Å². The first-order valence-corrected chi connectivity index (χ1v) is 4.42. The summed E-state index contributed by atoms with van der Waals surface area (Å²) in [5.41, 5.74) is 0.949. The fourth-order valence-electron chi connectivity index (χ4n) is 1.86. The van der Waals surface area contributed by atoms with E-state index in [4.69, 9.17) is 5.11 Å². The molecule has 0 bridgehead atoms. The van der Waals surface area contributed by atoms with Crippen LogP contribution in [0.4, 0.5) is 0 Å². The van der Waals surface area contributed by atoms with Crippen LogP contribution in [0.3, 0.4) is 0 Å². The fraction of sp³-hybridized carbons (Fsp3) is 0.600. The van der Waals surface area contributed by atoms with Crippen LogP contribution in [-0.4, -0.2) is 16.9 Å².